The van der Waals surface area contributed by atoms with E-state index in [-0.39, 0.29) is 6.10 Å². The molecule has 0 bridgehead atoms. The predicted molar refractivity (Wildman–Crippen MR) is 105 cm³/mol. The maximum Gasteiger partial charge on any atom is 0.213 e. The summed E-state index contributed by atoms with van der Waals surface area (Å²) in [7, 11) is 1.88. The molecule has 0 spiro atoms. The van der Waals surface area contributed by atoms with Crippen LogP contribution in [0.2, 0.25) is 0 Å². The lowest BCUT2D eigenvalue weighted by atomic mass is 9.97. The van der Waals surface area contributed by atoms with Gasteiger partial charge in [-0.2, -0.15) is 5.10 Å². The highest BCUT2D eigenvalue weighted by Crippen LogP contribution is 2.26. The van der Waals surface area contributed by atoms with Gasteiger partial charge in [0, 0.05) is 43.8 Å². The van der Waals surface area contributed by atoms with Crippen LogP contribution >= 0.6 is 0 Å². The summed E-state index contributed by atoms with van der Waals surface area (Å²) in [4.78, 5) is 6.49. The van der Waals surface area contributed by atoms with Gasteiger partial charge in [-0.05, 0) is 36.2 Å². The molecule has 0 saturated carbocycles. The van der Waals surface area contributed by atoms with Crippen LogP contribution in [-0.4, -0.2) is 44.8 Å². The molecular formula is C20H23N6O+. The van der Waals surface area contributed by atoms with Crippen LogP contribution in [0, 0.1) is 0 Å². The maximum atomic E-state index is 9.77. The zero-order chi connectivity index (χ0) is 19.0. The third-order valence-corrected chi connectivity index (χ3v) is 4.93. The minimum atomic E-state index is -0.302. The molecule has 3 heterocycles. The molecule has 1 aliphatic rings. The highest BCUT2D eigenvalue weighted by atomic mass is 16.3. The molecule has 2 aromatic heterocycles. The van der Waals surface area contributed by atoms with Crippen molar-refractivity contribution in [2.45, 2.75) is 12.5 Å². The Kier molecular flexibility index (Phi) is 4.37. The molecular weight excluding hydrogens is 340 g/mol. The first-order chi connectivity index (χ1) is 13.0. The first kappa shape index (κ1) is 17.2. The number of nitrogens with two attached hydrogens (primary N) is 2. The second-order valence-electron chi connectivity index (χ2n) is 6.91. The number of rotatable bonds is 4. The highest BCUT2D eigenvalue weighted by molar-refractivity contribution is 6.12. The van der Waals surface area contributed by atoms with E-state index in [0.717, 1.165) is 41.0 Å². The number of β-amino-alcohol motifs (C(OH)–C–C–N with tert-alkyl or cyclic N) is 1. The van der Waals surface area contributed by atoms with E-state index in [1.807, 2.05) is 49.8 Å². The van der Waals surface area contributed by atoms with Gasteiger partial charge in [0.15, 0.2) is 0 Å². The van der Waals surface area contributed by atoms with Gasteiger partial charge in [0.1, 0.15) is 5.82 Å². The Labute approximate surface area is 157 Å². The third-order valence-electron chi connectivity index (χ3n) is 4.93. The lowest BCUT2D eigenvalue weighted by Gasteiger charge is -2.17. The Balaban J connectivity index is 1.66. The molecule has 1 atom stereocenters. The van der Waals surface area contributed by atoms with Crippen molar-refractivity contribution in [1.82, 2.24) is 14.8 Å². The lowest BCUT2D eigenvalue weighted by molar-refractivity contribution is -0.111. The lowest BCUT2D eigenvalue weighted by Crippen LogP contribution is -2.41. The van der Waals surface area contributed by atoms with Crippen molar-refractivity contribution in [1.29, 1.82) is 0 Å². The average molecular weight is 363 g/mol. The molecule has 1 saturated heterocycles. The molecule has 4 rings (SSSR count). The zero-order valence-corrected chi connectivity index (χ0v) is 15.2. The molecule has 27 heavy (non-hydrogen) atoms. The Hall–Kier alpha value is -3.19. The summed E-state index contributed by atoms with van der Waals surface area (Å²) in [6, 6.07) is 9.64. The van der Waals surface area contributed by atoms with E-state index in [4.69, 9.17) is 11.1 Å². The summed E-state index contributed by atoms with van der Waals surface area (Å²) in [6.45, 7) is 1.38. The van der Waals surface area contributed by atoms with Gasteiger partial charge in [-0.25, -0.2) is 4.98 Å². The van der Waals surface area contributed by atoms with Crippen LogP contribution in [0.5, 0.6) is 0 Å². The average Bonchev–Trinajstić information content (AvgIpc) is 3.30. The second-order valence-corrected chi connectivity index (χ2v) is 6.91. The van der Waals surface area contributed by atoms with Crippen LogP contribution in [0.25, 0.3) is 11.1 Å². The van der Waals surface area contributed by atoms with Crippen molar-refractivity contribution in [2.24, 2.45) is 7.05 Å². The fourth-order valence-electron chi connectivity index (χ4n) is 3.40. The van der Waals surface area contributed by atoms with Crippen molar-refractivity contribution in [3.8, 4) is 11.1 Å². The van der Waals surface area contributed by atoms with Gasteiger partial charge >= 0.3 is 0 Å². The first-order valence-corrected chi connectivity index (χ1v) is 8.92. The molecule has 0 amide bonds. The van der Waals surface area contributed by atoms with Crippen LogP contribution in [0.3, 0.4) is 0 Å². The molecule has 138 valence electrons. The SMILES string of the molecule is Cn1cc(-c2ccc(N)c(C(=[NH2+])c3ccnc(N4CC[C@@H](O)C4)c3)c2)cn1. The molecule has 7 heteroatoms. The van der Waals surface area contributed by atoms with Gasteiger partial charge in [-0.1, -0.05) is 6.07 Å². The molecule has 3 aromatic rings. The molecule has 1 fully saturated rings. The van der Waals surface area contributed by atoms with Crippen LogP contribution in [-0.2, 0) is 7.05 Å². The molecule has 7 nitrogen and oxygen atoms in total. The van der Waals surface area contributed by atoms with Crippen molar-refractivity contribution >= 4 is 17.2 Å². The molecule has 0 aliphatic carbocycles. The van der Waals surface area contributed by atoms with Crippen LogP contribution in [0.1, 0.15) is 17.5 Å². The number of nitrogen functional groups attached to an aromatic ring is 1. The maximum absolute atomic E-state index is 9.77. The summed E-state index contributed by atoms with van der Waals surface area (Å²) in [5, 5.41) is 20.5. The van der Waals surface area contributed by atoms with Crippen molar-refractivity contribution in [3.63, 3.8) is 0 Å². The number of benzene rings is 1. The standard InChI is InChI=1S/C20H22N6O/c1-25-11-15(10-24-25)13-2-3-18(21)17(8-13)20(22)14-4-6-23-19(9-14)26-7-5-16(27)12-26/h2-4,6,8-11,16,22,27H,5,7,12,21H2,1H3/p+1/t16-/m1/s1. The molecule has 1 aliphatic heterocycles. The smallest absolute Gasteiger partial charge is 0.213 e. The summed E-state index contributed by atoms with van der Waals surface area (Å²) < 4.78 is 1.76. The summed E-state index contributed by atoms with van der Waals surface area (Å²) in [5.41, 5.74) is 11.1. The Morgan fingerprint density at radius 2 is 2.11 bits per heavy atom. The summed E-state index contributed by atoms with van der Waals surface area (Å²) >= 11 is 0. The number of aliphatic hydroxyl groups excluding tert-OH is 1. The molecule has 5 N–H and O–H groups in total. The van der Waals surface area contributed by atoms with E-state index >= 15 is 0 Å². The number of aromatic nitrogens is 3. The van der Waals surface area contributed by atoms with Crippen molar-refractivity contribution in [3.05, 3.63) is 60.0 Å². The van der Waals surface area contributed by atoms with Crippen LogP contribution < -0.4 is 16.0 Å². The minimum Gasteiger partial charge on any atom is -0.398 e. The van der Waals surface area contributed by atoms with E-state index in [1.54, 1.807) is 10.9 Å². The Bertz CT molecular complexity index is 996. The van der Waals surface area contributed by atoms with Crippen molar-refractivity contribution in [2.75, 3.05) is 23.7 Å². The zero-order valence-electron chi connectivity index (χ0n) is 15.2. The van der Waals surface area contributed by atoms with E-state index < -0.39 is 0 Å². The normalized spacial score (nSPS) is 16.7. The summed E-state index contributed by atoms with van der Waals surface area (Å²) in [6.07, 6.45) is 5.96. The molecule has 0 radical (unpaired) electrons. The van der Waals surface area contributed by atoms with Gasteiger partial charge in [-0.3, -0.25) is 10.1 Å². The van der Waals surface area contributed by atoms with E-state index in [1.165, 1.54) is 0 Å². The van der Waals surface area contributed by atoms with Gasteiger partial charge in [0.05, 0.1) is 23.4 Å². The van der Waals surface area contributed by atoms with Gasteiger partial charge in [0.25, 0.3) is 0 Å². The third kappa shape index (κ3) is 3.41. The van der Waals surface area contributed by atoms with E-state index in [2.05, 4.69) is 15.0 Å². The minimum absolute atomic E-state index is 0.302. The second kappa shape index (κ2) is 6.85. The fraction of sp³-hybridized carbons (Fsp3) is 0.250. The largest absolute Gasteiger partial charge is 0.398 e. The number of aliphatic hydroxyl groups is 1. The van der Waals surface area contributed by atoms with E-state index in [9.17, 15) is 5.11 Å². The molecule has 0 unspecified atom stereocenters. The Morgan fingerprint density at radius 1 is 1.26 bits per heavy atom. The van der Waals surface area contributed by atoms with Crippen LogP contribution in [0.15, 0.2) is 48.9 Å². The van der Waals surface area contributed by atoms with Crippen LogP contribution in [0.4, 0.5) is 11.5 Å². The van der Waals surface area contributed by atoms with Gasteiger partial charge in [0.2, 0.25) is 5.71 Å². The number of hydrogen-bond donors (Lipinski definition) is 3. The number of nitrogens with zero attached hydrogens (tertiary/aromatic N) is 4. The fourth-order valence-corrected chi connectivity index (χ4v) is 3.40. The van der Waals surface area contributed by atoms with Gasteiger partial charge < -0.3 is 15.7 Å². The monoisotopic (exact) mass is 363 g/mol. The number of hydrogen-bond acceptors (Lipinski definition) is 5. The highest BCUT2D eigenvalue weighted by Gasteiger charge is 2.23. The molecule has 1 aromatic carbocycles. The topological polar surface area (TPSA) is 106 Å². The first-order valence-electron chi connectivity index (χ1n) is 8.92. The Morgan fingerprint density at radius 3 is 2.81 bits per heavy atom. The predicted octanol–water partition coefficient (Wildman–Crippen LogP) is 0.232. The van der Waals surface area contributed by atoms with E-state index in [0.29, 0.717) is 17.9 Å². The quantitative estimate of drug-likeness (QED) is 0.455. The van der Waals surface area contributed by atoms with Gasteiger partial charge in [-0.15, -0.1) is 0 Å². The summed E-state index contributed by atoms with van der Waals surface area (Å²) in [5.74, 6) is 0.814. The number of pyridine rings is 1. The number of anilines is 2. The van der Waals surface area contributed by atoms with Crippen molar-refractivity contribution < 1.29 is 10.5 Å². The number of aryl methyl sites for hydroxylation is 1.